The molecule has 3 rings (SSSR count). The maximum atomic E-state index is 12.2. The smallest absolute Gasteiger partial charge is 0.222 e. The Hall–Kier alpha value is -1.47. The van der Waals surface area contributed by atoms with Crippen molar-refractivity contribution >= 4 is 5.91 Å². The topological polar surface area (TPSA) is 54.0 Å². The Bertz CT molecular complexity index is 520. The van der Waals surface area contributed by atoms with Crippen molar-refractivity contribution in [3.63, 3.8) is 0 Å². The molecule has 0 spiro atoms. The Labute approximate surface area is 150 Å². The molecule has 1 aromatic carbocycles. The second-order valence-electron chi connectivity index (χ2n) is 6.72. The van der Waals surface area contributed by atoms with Gasteiger partial charge in [0, 0.05) is 45.8 Å². The molecule has 1 N–H and O–H groups in total. The van der Waals surface area contributed by atoms with Crippen LogP contribution in [0, 0.1) is 0 Å². The van der Waals surface area contributed by atoms with E-state index in [-0.39, 0.29) is 12.0 Å². The highest BCUT2D eigenvalue weighted by Crippen LogP contribution is 2.12. The van der Waals surface area contributed by atoms with E-state index in [1.807, 2.05) is 6.07 Å². The molecule has 1 atom stereocenters. The Kier molecular flexibility index (Phi) is 7.23. The fraction of sp³-hybridized carbons (Fsp3) is 0.632. The molecule has 0 saturated carbocycles. The monoisotopic (exact) mass is 347 g/mol. The van der Waals surface area contributed by atoms with E-state index in [0.29, 0.717) is 19.6 Å². The quantitative estimate of drug-likeness (QED) is 0.788. The number of benzene rings is 1. The van der Waals surface area contributed by atoms with Crippen LogP contribution in [0.1, 0.15) is 12.0 Å². The predicted octanol–water partition coefficient (Wildman–Crippen LogP) is 0.726. The van der Waals surface area contributed by atoms with Gasteiger partial charge in [-0.1, -0.05) is 30.3 Å². The average molecular weight is 347 g/mol. The van der Waals surface area contributed by atoms with Gasteiger partial charge in [-0.2, -0.15) is 0 Å². The number of hydrogen-bond donors (Lipinski definition) is 1. The van der Waals surface area contributed by atoms with E-state index in [1.165, 1.54) is 5.56 Å². The first-order valence-electron chi connectivity index (χ1n) is 9.24. The number of morpholine rings is 2. The maximum Gasteiger partial charge on any atom is 0.222 e. The van der Waals surface area contributed by atoms with Crippen LogP contribution in [0.5, 0.6) is 0 Å². The predicted molar refractivity (Wildman–Crippen MR) is 96.3 cm³/mol. The number of nitrogens with zero attached hydrogens (tertiary/aromatic N) is 2. The Morgan fingerprint density at radius 2 is 1.84 bits per heavy atom. The summed E-state index contributed by atoms with van der Waals surface area (Å²) in [5.41, 5.74) is 1.30. The van der Waals surface area contributed by atoms with Crippen LogP contribution >= 0.6 is 0 Å². The fourth-order valence-corrected chi connectivity index (χ4v) is 3.35. The summed E-state index contributed by atoms with van der Waals surface area (Å²) in [6.07, 6.45) is 0.426. The van der Waals surface area contributed by atoms with Gasteiger partial charge < -0.3 is 14.8 Å². The summed E-state index contributed by atoms with van der Waals surface area (Å²) in [7, 11) is 0. The summed E-state index contributed by atoms with van der Waals surface area (Å²) >= 11 is 0. The van der Waals surface area contributed by atoms with Crippen LogP contribution in [0.25, 0.3) is 0 Å². The lowest BCUT2D eigenvalue weighted by Crippen LogP contribution is -2.45. The summed E-state index contributed by atoms with van der Waals surface area (Å²) in [4.78, 5) is 16.9. The Morgan fingerprint density at radius 3 is 2.64 bits per heavy atom. The molecule has 0 radical (unpaired) electrons. The zero-order valence-electron chi connectivity index (χ0n) is 14.9. The summed E-state index contributed by atoms with van der Waals surface area (Å²) < 4.78 is 11.1. The zero-order valence-corrected chi connectivity index (χ0v) is 14.9. The highest BCUT2D eigenvalue weighted by atomic mass is 16.5. The molecular formula is C19H29N3O3. The molecule has 25 heavy (non-hydrogen) atoms. The molecule has 2 saturated heterocycles. The lowest BCUT2D eigenvalue weighted by atomic mass is 10.1. The zero-order chi connectivity index (χ0) is 17.3. The summed E-state index contributed by atoms with van der Waals surface area (Å²) in [5, 5.41) is 3.02. The van der Waals surface area contributed by atoms with Gasteiger partial charge in [0.1, 0.15) is 0 Å². The average Bonchev–Trinajstić information content (AvgIpc) is 2.64. The first-order chi connectivity index (χ1) is 12.3. The van der Waals surface area contributed by atoms with Crippen molar-refractivity contribution in [2.24, 2.45) is 0 Å². The van der Waals surface area contributed by atoms with Gasteiger partial charge in [0.15, 0.2) is 0 Å². The summed E-state index contributed by atoms with van der Waals surface area (Å²) in [6.45, 7) is 8.42. The summed E-state index contributed by atoms with van der Waals surface area (Å²) in [6, 6.07) is 10.4. The second-order valence-corrected chi connectivity index (χ2v) is 6.72. The van der Waals surface area contributed by atoms with Crippen molar-refractivity contribution < 1.29 is 14.3 Å². The number of carbonyl (C=O) groups excluding carboxylic acids is 1. The number of hydrogen-bond acceptors (Lipinski definition) is 5. The number of carbonyl (C=O) groups is 1. The van der Waals surface area contributed by atoms with Crippen LogP contribution in [-0.4, -0.2) is 80.9 Å². The van der Waals surface area contributed by atoms with Gasteiger partial charge in [0.05, 0.1) is 32.3 Å². The number of amides is 1. The van der Waals surface area contributed by atoms with E-state index in [2.05, 4.69) is 39.4 Å². The van der Waals surface area contributed by atoms with E-state index >= 15 is 0 Å². The van der Waals surface area contributed by atoms with E-state index in [4.69, 9.17) is 9.47 Å². The Morgan fingerprint density at radius 1 is 1.08 bits per heavy atom. The summed E-state index contributed by atoms with van der Waals surface area (Å²) in [5.74, 6) is 0.0832. The maximum absolute atomic E-state index is 12.2. The van der Waals surface area contributed by atoms with Crippen molar-refractivity contribution in [2.75, 3.05) is 59.1 Å². The molecule has 1 amide bonds. The fourth-order valence-electron chi connectivity index (χ4n) is 3.35. The SMILES string of the molecule is O=C(C[C@H]1CN(Cc2ccccc2)CCO1)NCCN1CCOCC1. The molecule has 2 aliphatic rings. The first kappa shape index (κ1) is 18.3. The minimum Gasteiger partial charge on any atom is -0.379 e. The first-order valence-corrected chi connectivity index (χ1v) is 9.24. The van der Waals surface area contributed by atoms with E-state index in [0.717, 1.165) is 52.5 Å². The third-order valence-corrected chi connectivity index (χ3v) is 4.74. The van der Waals surface area contributed by atoms with Crippen molar-refractivity contribution in [3.8, 4) is 0 Å². The second kappa shape index (κ2) is 9.87. The highest BCUT2D eigenvalue weighted by Gasteiger charge is 2.23. The Balaban J connectivity index is 1.34. The van der Waals surface area contributed by atoms with Gasteiger partial charge in [0.25, 0.3) is 0 Å². The van der Waals surface area contributed by atoms with Gasteiger partial charge in [-0.3, -0.25) is 14.6 Å². The third kappa shape index (κ3) is 6.40. The van der Waals surface area contributed by atoms with Gasteiger partial charge >= 0.3 is 0 Å². The molecule has 1 aromatic rings. The lowest BCUT2D eigenvalue weighted by molar-refractivity contribution is -0.126. The molecule has 0 bridgehead atoms. The molecule has 0 aliphatic carbocycles. The number of ether oxygens (including phenoxy) is 2. The van der Waals surface area contributed by atoms with Crippen molar-refractivity contribution in [3.05, 3.63) is 35.9 Å². The van der Waals surface area contributed by atoms with Gasteiger partial charge in [0.2, 0.25) is 5.91 Å². The van der Waals surface area contributed by atoms with Crippen molar-refractivity contribution in [1.82, 2.24) is 15.1 Å². The van der Waals surface area contributed by atoms with Gasteiger partial charge in [-0.05, 0) is 5.56 Å². The standard InChI is InChI=1S/C19H29N3O3/c23-19(20-6-7-21-8-11-24-12-9-21)14-18-16-22(10-13-25-18)15-17-4-2-1-3-5-17/h1-5,18H,6-16H2,(H,20,23)/t18-/m0/s1. The largest absolute Gasteiger partial charge is 0.379 e. The van der Waals surface area contributed by atoms with Crippen LogP contribution < -0.4 is 5.32 Å². The van der Waals surface area contributed by atoms with E-state index in [9.17, 15) is 4.79 Å². The van der Waals surface area contributed by atoms with Crippen LogP contribution in [0.3, 0.4) is 0 Å². The van der Waals surface area contributed by atoms with E-state index < -0.39 is 0 Å². The molecule has 2 heterocycles. The number of rotatable bonds is 7. The lowest BCUT2D eigenvalue weighted by Gasteiger charge is -2.32. The molecule has 0 unspecified atom stereocenters. The van der Waals surface area contributed by atoms with Gasteiger partial charge in [-0.15, -0.1) is 0 Å². The number of nitrogens with one attached hydrogen (secondary N) is 1. The van der Waals surface area contributed by atoms with Crippen molar-refractivity contribution in [1.29, 1.82) is 0 Å². The van der Waals surface area contributed by atoms with Crippen LogP contribution in [-0.2, 0) is 20.8 Å². The molecule has 6 heteroatoms. The van der Waals surface area contributed by atoms with Gasteiger partial charge in [-0.25, -0.2) is 0 Å². The van der Waals surface area contributed by atoms with Crippen LogP contribution in [0.2, 0.25) is 0 Å². The molecule has 2 aliphatic heterocycles. The molecule has 6 nitrogen and oxygen atoms in total. The third-order valence-electron chi connectivity index (χ3n) is 4.74. The molecular weight excluding hydrogens is 318 g/mol. The molecule has 0 aromatic heterocycles. The van der Waals surface area contributed by atoms with E-state index in [1.54, 1.807) is 0 Å². The normalized spacial score (nSPS) is 22.6. The van der Waals surface area contributed by atoms with Crippen molar-refractivity contribution in [2.45, 2.75) is 19.1 Å². The van der Waals surface area contributed by atoms with Crippen LogP contribution in [0.15, 0.2) is 30.3 Å². The molecule has 2 fully saturated rings. The van der Waals surface area contributed by atoms with Crippen LogP contribution in [0.4, 0.5) is 0 Å². The minimum atomic E-state index is -0.0131. The highest BCUT2D eigenvalue weighted by molar-refractivity contribution is 5.76. The molecule has 138 valence electrons. The minimum absolute atomic E-state index is 0.0131.